The Hall–Kier alpha value is -1.72. The number of carbonyl (C=O) groups is 1. The molecule has 0 aliphatic carbocycles. The van der Waals surface area contributed by atoms with Gasteiger partial charge >= 0.3 is 0 Å². The minimum absolute atomic E-state index is 0.0783. The molecular formula is C12H11Cl2N3O2. The quantitative estimate of drug-likeness (QED) is 0.856. The molecule has 1 aromatic carbocycles. The van der Waals surface area contributed by atoms with Crippen LogP contribution in [0.15, 0.2) is 30.6 Å². The predicted octanol–water partition coefficient (Wildman–Crippen LogP) is 3.10. The van der Waals surface area contributed by atoms with Crippen LogP contribution < -0.4 is 5.32 Å². The van der Waals surface area contributed by atoms with Gasteiger partial charge in [-0.2, -0.15) is 5.10 Å². The molecule has 0 saturated carbocycles. The SMILES string of the molecule is CC(C(=O)Nc1cc(Cl)cc(Cl)c1O)n1cccn1. The number of carbonyl (C=O) groups excluding carboxylic acids is 1. The van der Waals surface area contributed by atoms with Crippen molar-refractivity contribution in [3.05, 3.63) is 40.6 Å². The predicted molar refractivity (Wildman–Crippen MR) is 73.7 cm³/mol. The summed E-state index contributed by atoms with van der Waals surface area (Å²) in [5, 5.41) is 16.7. The molecule has 2 N–H and O–H groups in total. The van der Waals surface area contributed by atoms with Gasteiger partial charge in [-0.25, -0.2) is 0 Å². The van der Waals surface area contributed by atoms with Crippen LogP contribution in [0.1, 0.15) is 13.0 Å². The number of rotatable bonds is 3. The first-order valence-corrected chi connectivity index (χ1v) is 6.22. The average Bonchev–Trinajstić information content (AvgIpc) is 2.88. The monoisotopic (exact) mass is 299 g/mol. The van der Waals surface area contributed by atoms with Crippen molar-refractivity contribution >= 4 is 34.8 Å². The van der Waals surface area contributed by atoms with Gasteiger partial charge in [0.25, 0.3) is 0 Å². The summed E-state index contributed by atoms with van der Waals surface area (Å²) in [7, 11) is 0. The van der Waals surface area contributed by atoms with E-state index in [0.717, 1.165) is 0 Å². The third-order valence-corrected chi connectivity index (χ3v) is 3.09. The molecule has 1 aromatic heterocycles. The van der Waals surface area contributed by atoms with E-state index in [1.54, 1.807) is 25.4 Å². The molecule has 1 amide bonds. The van der Waals surface area contributed by atoms with Crippen LogP contribution in [-0.2, 0) is 4.79 Å². The molecule has 0 bridgehead atoms. The molecule has 0 aliphatic heterocycles. The molecule has 0 saturated heterocycles. The summed E-state index contributed by atoms with van der Waals surface area (Å²) < 4.78 is 1.50. The summed E-state index contributed by atoms with van der Waals surface area (Å²) in [5.41, 5.74) is 0.168. The summed E-state index contributed by atoms with van der Waals surface area (Å²) in [4.78, 5) is 12.0. The van der Waals surface area contributed by atoms with E-state index in [1.165, 1.54) is 16.8 Å². The number of benzene rings is 1. The maximum Gasteiger partial charge on any atom is 0.249 e. The highest BCUT2D eigenvalue weighted by Crippen LogP contribution is 2.35. The van der Waals surface area contributed by atoms with Crippen LogP contribution in [0.5, 0.6) is 5.75 Å². The fourth-order valence-corrected chi connectivity index (χ4v) is 2.02. The van der Waals surface area contributed by atoms with Gasteiger partial charge in [0.15, 0.2) is 5.75 Å². The maximum atomic E-state index is 12.0. The molecule has 100 valence electrons. The number of hydrogen-bond acceptors (Lipinski definition) is 3. The van der Waals surface area contributed by atoms with Crippen molar-refractivity contribution in [1.82, 2.24) is 9.78 Å². The van der Waals surface area contributed by atoms with Crippen molar-refractivity contribution in [1.29, 1.82) is 0 Å². The summed E-state index contributed by atoms with van der Waals surface area (Å²) in [6, 6.07) is 4.02. The number of amides is 1. The van der Waals surface area contributed by atoms with Gasteiger partial charge in [-0.1, -0.05) is 23.2 Å². The van der Waals surface area contributed by atoms with Crippen molar-refractivity contribution < 1.29 is 9.90 Å². The van der Waals surface area contributed by atoms with Crippen molar-refractivity contribution in [3.63, 3.8) is 0 Å². The van der Waals surface area contributed by atoms with E-state index in [9.17, 15) is 9.90 Å². The van der Waals surface area contributed by atoms with Crippen molar-refractivity contribution in [2.75, 3.05) is 5.32 Å². The lowest BCUT2D eigenvalue weighted by Crippen LogP contribution is -2.24. The zero-order chi connectivity index (χ0) is 14.0. The number of phenolic OH excluding ortho intramolecular Hbond substituents is 1. The highest BCUT2D eigenvalue weighted by molar-refractivity contribution is 6.36. The second kappa shape index (κ2) is 5.50. The van der Waals surface area contributed by atoms with Gasteiger partial charge < -0.3 is 10.4 Å². The second-order valence-electron chi connectivity index (χ2n) is 3.94. The fourth-order valence-electron chi connectivity index (χ4n) is 1.53. The molecule has 7 heteroatoms. The lowest BCUT2D eigenvalue weighted by molar-refractivity contribution is -0.119. The van der Waals surface area contributed by atoms with Gasteiger partial charge in [0.05, 0.1) is 10.7 Å². The molecule has 19 heavy (non-hydrogen) atoms. The lowest BCUT2D eigenvalue weighted by atomic mass is 10.2. The molecule has 0 aliphatic rings. The molecule has 5 nitrogen and oxygen atoms in total. The minimum Gasteiger partial charge on any atom is -0.504 e. The Morgan fingerprint density at radius 1 is 1.47 bits per heavy atom. The number of halogens is 2. The number of nitrogens with one attached hydrogen (secondary N) is 1. The zero-order valence-electron chi connectivity index (χ0n) is 9.97. The zero-order valence-corrected chi connectivity index (χ0v) is 11.5. The van der Waals surface area contributed by atoms with E-state index in [0.29, 0.717) is 5.02 Å². The Morgan fingerprint density at radius 3 is 2.84 bits per heavy atom. The Balaban J connectivity index is 2.20. The second-order valence-corrected chi connectivity index (χ2v) is 4.78. The first kappa shape index (κ1) is 13.7. The molecule has 1 atom stereocenters. The maximum absolute atomic E-state index is 12.0. The number of anilines is 1. The van der Waals surface area contributed by atoms with Gasteiger partial charge in [0, 0.05) is 17.4 Å². The van der Waals surface area contributed by atoms with Gasteiger partial charge in [-0.15, -0.1) is 0 Å². The van der Waals surface area contributed by atoms with Crippen LogP contribution in [0.25, 0.3) is 0 Å². The van der Waals surface area contributed by atoms with Gasteiger partial charge in [-0.3, -0.25) is 9.48 Å². The number of aromatic hydroxyl groups is 1. The number of phenols is 1. The number of hydrogen-bond donors (Lipinski definition) is 2. The van der Waals surface area contributed by atoms with E-state index in [1.807, 2.05) is 0 Å². The summed E-state index contributed by atoms with van der Waals surface area (Å²) >= 11 is 11.6. The van der Waals surface area contributed by atoms with E-state index in [-0.39, 0.29) is 22.4 Å². The number of aromatic nitrogens is 2. The topological polar surface area (TPSA) is 67.2 Å². The summed E-state index contributed by atoms with van der Waals surface area (Å²) in [5.74, 6) is -0.551. The van der Waals surface area contributed by atoms with E-state index < -0.39 is 6.04 Å². The minimum atomic E-state index is -0.521. The van der Waals surface area contributed by atoms with Crippen LogP contribution >= 0.6 is 23.2 Å². The normalized spacial score (nSPS) is 12.2. The third kappa shape index (κ3) is 3.00. The molecule has 2 aromatic rings. The summed E-state index contributed by atoms with van der Waals surface area (Å²) in [6.07, 6.45) is 3.26. The molecule has 2 rings (SSSR count). The largest absolute Gasteiger partial charge is 0.504 e. The molecule has 0 fully saturated rings. The Bertz CT molecular complexity index is 599. The van der Waals surface area contributed by atoms with Crippen LogP contribution in [0.2, 0.25) is 10.0 Å². The highest BCUT2D eigenvalue weighted by Gasteiger charge is 2.17. The van der Waals surface area contributed by atoms with Crippen LogP contribution in [0.4, 0.5) is 5.69 Å². The first-order valence-electron chi connectivity index (χ1n) is 5.47. The van der Waals surface area contributed by atoms with Crippen molar-refractivity contribution in [2.24, 2.45) is 0 Å². The summed E-state index contributed by atoms with van der Waals surface area (Å²) in [6.45, 7) is 1.69. The molecule has 1 unspecified atom stereocenters. The van der Waals surface area contributed by atoms with E-state index in [2.05, 4.69) is 10.4 Å². The van der Waals surface area contributed by atoms with Crippen LogP contribution in [-0.4, -0.2) is 20.8 Å². The lowest BCUT2D eigenvalue weighted by Gasteiger charge is -2.14. The Labute approximate surface area is 119 Å². The average molecular weight is 300 g/mol. The fraction of sp³-hybridized carbons (Fsp3) is 0.167. The van der Waals surface area contributed by atoms with Crippen molar-refractivity contribution in [2.45, 2.75) is 13.0 Å². The molecule has 1 heterocycles. The van der Waals surface area contributed by atoms with Crippen LogP contribution in [0.3, 0.4) is 0 Å². The van der Waals surface area contributed by atoms with Gasteiger partial charge in [-0.05, 0) is 25.1 Å². The smallest absolute Gasteiger partial charge is 0.249 e. The van der Waals surface area contributed by atoms with Crippen LogP contribution in [0, 0.1) is 0 Å². The third-order valence-electron chi connectivity index (χ3n) is 2.59. The highest BCUT2D eigenvalue weighted by atomic mass is 35.5. The molecule has 0 radical (unpaired) electrons. The van der Waals surface area contributed by atoms with E-state index in [4.69, 9.17) is 23.2 Å². The number of nitrogens with zero attached hydrogens (tertiary/aromatic N) is 2. The van der Waals surface area contributed by atoms with E-state index >= 15 is 0 Å². The first-order chi connectivity index (χ1) is 8.99. The Kier molecular flexibility index (Phi) is 3.97. The molecule has 0 spiro atoms. The Morgan fingerprint density at radius 2 is 2.21 bits per heavy atom. The van der Waals surface area contributed by atoms with Crippen molar-refractivity contribution in [3.8, 4) is 5.75 Å². The van der Waals surface area contributed by atoms with Gasteiger partial charge in [0.1, 0.15) is 6.04 Å². The van der Waals surface area contributed by atoms with Gasteiger partial charge in [0.2, 0.25) is 5.91 Å². The molecular weight excluding hydrogens is 289 g/mol. The standard InChI is InChI=1S/C12H11Cl2N3O2/c1-7(17-4-2-3-15-17)12(19)16-10-6-8(13)5-9(14)11(10)18/h2-7,18H,1H3,(H,16,19).